The minimum absolute atomic E-state index is 0.191. The summed E-state index contributed by atoms with van der Waals surface area (Å²) in [4.78, 5) is 24.5. The van der Waals surface area contributed by atoms with Crippen molar-refractivity contribution in [3.63, 3.8) is 0 Å². The maximum atomic E-state index is 12.1. The van der Waals surface area contributed by atoms with Crippen molar-refractivity contribution < 1.29 is 9.59 Å². The van der Waals surface area contributed by atoms with Crippen LogP contribution in [0.3, 0.4) is 0 Å². The number of nitrogens with one attached hydrogen (secondary N) is 2. The van der Waals surface area contributed by atoms with Gasteiger partial charge < -0.3 is 10.6 Å². The van der Waals surface area contributed by atoms with Crippen LogP contribution in [0, 0.1) is 6.92 Å². The second kappa shape index (κ2) is 5.67. The van der Waals surface area contributed by atoms with E-state index in [4.69, 9.17) is 0 Å². The standard InChI is InChI=1S/C14H14N2O2S/c1-9-7-8-19-12(9)14(18)16-11-6-4-3-5-10(11)13(17)15-2/h3-8H,1-2H3,(H,15,17)(H,16,18). The van der Waals surface area contributed by atoms with Gasteiger partial charge >= 0.3 is 0 Å². The molecule has 0 unspecified atom stereocenters. The van der Waals surface area contributed by atoms with E-state index in [-0.39, 0.29) is 11.8 Å². The molecule has 0 aliphatic carbocycles. The topological polar surface area (TPSA) is 58.2 Å². The highest BCUT2D eigenvalue weighted by atomic mass is 32.1. The molecule has 0 spiro atoms. The molecule has 0 atom stereocenters. The number of amides is 2. The second-order valence-corrected chi connectivity index (χ2v) is 4.93. The van der Waals surface area contributed by atoms with Crippen LogP contribution < -0.4 is 10.6 Å². The lowest BCUT2D eigenvalue weighted by atomic mass is 10.1. The fourth-order valence-corrected chi connectivity index (χ4v) is 2.53. The zero-order chi connectivity index (χ0) is 13.8. The number of hydrogen-bond donors (Lipinski definition) is 2. The van der Waals surface area contributed by atoms with Crippen LogP contribution in [0.5, 0.6) is 0 Å². The molecule has 0 saturated heterocycles. The molecule has 0 saturated carbocycles. The Bertz CT molecular complexity index is 619. The van der Waals surface area contributed by atoms with Crippen LogP contribution in [0.25, 0.3) is 0 Å². The first-order chi connectivity index (χ1) is 9.13. The molecule has 98 valence electrons. The molecule has 4 nitrogen and oxygen atoms in total. The van der Waals surface area contributed by atoms with E-state index in [1.807, 2.05) is 18.4 Å². The van der Waals surface area contributed by atoms with E-state index in [0.29, 0.717) is 16.1 Å². The Morgan fingerprint density at radius 1 is 1.11 bits per heavy atom. The Labute approximate surface area is 115 Å². The molecule has 1 aromatic heterocycles. The van der Waals surface area contributed by atoms with Crippen molar-refractivity contribution in [3.05, 3.63) is 51.7 Å². The molecular formula is C14H14N2O2S. The Kier molecular flexibility index (Phi) is 3.97. The fraction of sp³-hybridized carbons (Fsp3) is 0.143. The van der Waals surface area contributed by atoms with E-state index < -0.39 is 0 Å². The van der Waals surface area contributed by atoms with E-state index >= 15 is 0 Å². The average Bonchev–Trinajstić information content (AvgIpc) is 2.85. The first-order valence-electron chi connectivity index (χ1n) is 5.80. The first-order valence-corrected chi connectivity index (χ1v) is 6.68. The lowest BCUT2D eigenvalue weighted by molar-refractivity contribution is 0.0964. The van der Waals surface area contributed by atoms with Gasteiger partial charge in [-0.3, -0.25) is 9.59 Å². The largest absolute Gasteiger partial charge is 0.355 e. The van der Waals surface area contributed by atoms with Gasteiger partial charge in [0.05, 0.1) is 16.1 Å². The highest BCUT2D eigenvalue weighted by Crippen LogP contribution is 2.20. The average molecular weight is 274 g/mol. The van der Waals surface area contributed by atoms with Gasteiger partial charge in [0.1, 0.15) is 0 Å². The molecule has 2 N–H and O–H groups in total. The monoisotopic (exact) mass is 274 g/mol. The molecule has 1 heterocycles. The molecule has 0 radical (unpaired) electrons. The molecule has 1 aromatic carbocycles. The predicted octanol–water partition coefficient (Wildman–Crippen LogP) is 2.67. The number of rotatable bonds is 3. The van der Waals surface area contributed by atoms with E-state index in [1.54, 1.807) is 31.3 Å². The van der Waals surface area contributed by atoms with Crippen molar-refractivity contribution in [1.29, 1.82) is 0 Å². The van der Waals surface area contributed by atoms with Gasteiger partial charge in [0.2, 0.25) is 0 Å². The molecular weight excluding hydrogens is 260 g/mol. The third-order valence-corrected chi connectivity index (χ3v) is 3.73. The third kappa shape index (κ3) is 2.82. The Balaban J connectivity index is 2.27. The van der Waals surface area contributed by atoms with E-state index in [0.717, 1.165) is 5.56 Å². The number of thiophene rings is 1. The van der Waals surface area contributed by atoms with Gasteiger partial charge in [-0.25, -0.2) is 0 Å². The smallest absolute Gasteiger partial charge is 0.266 e. The number of carbonyl (C=O) groups excluding carboxylic acids is 2. The number of carbonyl (C=O) groups is 2. The van der Waals surface area contributed by atoms with Crippen molar-refractivity contribution in [3.8, 4) is 0 Å². The lowest BCUT2D eigenvalue weighted by Crippen LogP contribution is -2.21. The van der Waals surface area contributed by atoms with Gasteiger partial charge in [-0.15, -0.1) is 11.3 Å². The normalized spacial score (nSPS) is 10.0. The Morgan fingerprint density at radius 2 is 1.84 bits per heavy atom. The van der Waals surface area contributed by atoms with Gasteiger partial charge in [-0.1, -0.05) is 12.1 Å². The second-order valence-electron chi connectivity index (χ2n) is 4.01. The van der Waals surface area contributed by atoms with Crippen LogP contribution in [-0.2, 0) is 0 Å². The van der Waals surface area contributed by atoms with Crippen LogP contribution in [0.4, 0.5) is 5.69 Å². The molecule has 19 heavy (non-hydrogen) atoms. The summed E-state index contributed by atoms with van der Waals surface area (Å²) in [6.45, 7) is 1.88. The number of benzene rings is 1. The minimum atomic E-state index is -0.223. The third-order valence-electron chi connectivity index (χ3n) is 2.72. The molecule has 2 aromatic rings. The van der Waals surface area contributed by atoms with Gasteiger partial charge in [0.25, 0.3) is 11.8 Å². The summed E-state index contributed by atoms with van der Waals surface area (Å²) in [6.07, 6.45) is 0. The summed E-state index contributed by atoms with van der Waals surface area (Å²) in [5.41, 5.74) is 1.90. The maximum Gasteiger partial charge on any atom is 0.266 e. The Morgan fingerprint density at radius 3 is 2.47 bits per heavy atom. The van der Waals surface area contributed by atoms with E-state index in [9.17, 15) is 9.59 Å². The van der Waals surface area contributed by atoms with Crippen molar-refractivity contribution in [2.45, 2.75) is 6.92 Å². The summed E-state index contributed by atoms with van der Waals surface area (Å²) in [5.74, 6) is -0.414. The zero-order valence-electron chi connectivity index (χ0n) is 10.7. The van der Waals surface area contributed by atoms with Crippen LogP contribution in [0.15, 0.2) is 35.7 Å². The maximum absolute atomic E-state index is 12.1. The number of para-hydroxylation sites is 1. The lowest BCUT2D eigenvalue weighted by Gasteiger charge is -2.09. The van der Waals surface area contributed by atoms with Crippen LogP contribution in [0.2, 0.25) is 0 Å². The number of anilines is 1. The minimum Gasteiger partial charge on any atom is -0.355 e. The summed E-state index contributed by atoms with van der Waals surface area (Å²) in [6, 6.07) is 8.82. The van der Waals surface area contributed by atoms with E-state index in [1.165, 1.54) is 11.3 Å². The number of aryl methyl sites for hydroxylation is 1. The highest BCUT2D eigenvalue weighted by molar-refractivity contribution is 7.12. The highest BCUT2D eigenvalue weighted by Gasteiger charge is 2.14. The van der Waals surface area contributed by atoms with Gasteiger partial charge in [-0.05, 0) is 36.1 Å². The Hall–Kier alpha value is -2.14. The van der Waals surface area contributed by atoms with Crippen molar-refractivity contribution in [2.75, 3.05) is 12.4 Å². The van der Waals surface area contributed by atoms with Crippen molar-refractivity contribution in [1.82, 2.24) is 5.32 Å². The molecule has 5 heteroatoms. The van der Waals surface area contributed by atoms with E-state index in [2.05, 4.69) is 10.6 Å². The number of hydrogen-bond acceptors (Lipinski definition) is 3. The first kappa shape index (κ1) is 13.3. The van der Waals surface area contributed by atoms with Crippen molar-refractivity contribution >= 4 is 28.8 Å². The van der Waals surface area contributed by atoms with Gasteiger partial charge in [0, 0.05) is 7.05 Å². The zero-order valence-corrected chi connectivity index (χ0v) is 11.5. The molecule has 0 aliphatic rings. The SMILES string of the molecule is CNC(=O)c1ccccc1NC(=O)c1sccc1C. The summed E-state index contributed by atoms with van der Waals surface area (Å²) >= 11 is 1.38. The molecule has 0 aliphatic heterocycles. The molecule has 0 fully saturated rings. The fourth-order valence-electron chi connectivity index (χ4n) is 1.71. The summed E-state index contributed by atoms with van der Waals surface area (Å²) in [7, 11) is 1.56. The quantitative estimate of drug-likeness (QED) is 0.904. The molecule has 0 bridgehead atoms. The van der Waals surface area contributed by atoms with Crippen LogP contribution >= 0.6 is 11.3 Å². The van der Waals surface area contributed by atoms with Crippen molar-refractivity contribution in [2.24, 2.45) is 0 Å². The molecule has 2 rings (SSSR count). The van der Waals surface area contributed by atoms with Gasteiger partial charge in [0.15, 0.2) is 0 Å². The van der Waals surface area contributed by atoms with Gasteiger partial charge in [-0.2, -0.15) is 0 Å². The molecule has 2 amide bonds. The predicted molar refractivity (Wildman–Crippen MR) is 76.8 cm³/mol. The summed E-state index contributed by atoms with van der Waals surface area (Å²) < 4.78 is 0. The summed E-state index contributed by atoms with van der Waals surface area (Å²) in [5, 5.41) is 7.20. The van der Waals surface area contributed by atoms with Crippen LogP contribution in [0.1, 0.15) is 25.6 Å². The van der Waals surface area contributed by atoms with Crippen LogP contribution in [-0.4, -0.2) is 18.9 Å².